The van der Waals surface area contributed by atoms with Crippen molar-refractivity contribution in [3.63, 3.8) is 0 Å². The van der Waals surface area contributed by atoms with Crippen molar-refractivity contribution in [3.05, 3.63) is 48.1 Å². The highest BCUT2D eigenvalue weighted by atomic mass is 16.3. The maximum atomic E-state index is 5.60. The second kappa shape index (κ2) is 4.80. The van der Waals surface area contributed by atoms with E-state index in [2.05, 4.69) is 22.6 Å². The first kappa shape index (κ1) is 11.8. The van der Waals surface area contributed by atoms with Crippen molar-refractivity contribution >= 4 is 16.8 Å². The van der Waals surface area contributed by atoms with E-state index in [1.807, 2.05) is 42.9 Å². The Bertz CT molecular complexity index is 696. The van der Waals surface area contributed by atoms with Gasteiger partial charge in [-0.25, -0.2) is 4.98 Å². The summed E-state index contributed by atoms with van der Waals surface area (Å²) in [6.07, 6.45) is 4.98. The minimum Gasteiger partial charge on any atom is -0.441 e. The molecule has 0 unspecified atom stereocenters. The van der Waals surface area contributed by atoms with Crippen LogP contribution in [0.4, 0.5) is 5.69 Å². The molecule has 0 bridgehead atoms. The van der Waals surface area contributed by atoms with Gasteiger partial charge in [0.1, 0.15) is 5.52 Å². The van der Waals surface area contributed by atoms with E-state index in [1.54, 1.807) is 0 Å². The normalized spacial score (nSPS) is 11.1. The van der Waals surface area contributed by atoms with E-state index in [9.17, 15) is 0 Å². The molecule has 0 saturated heterocycles. The second-order valence-corrected chi connectivity index (χ2v) is 4.68. The van der Waals surface area contributed by atoms with Crippen LogP contribution in [0.15, 0.2) is 41.1 Å². The van der Waals surface area contributed by atoms with Crippen LogP contribution in [0, 0.1) is 0 Å². The molecule has 0 amide bonds. The standard InChI is InChI=1S/C15H17N3O/c1-3-15-17-13-8-12(4-5-14(13)19-15)16-9-11-6-7-18(2)10-11/h4-8,10,16H,3,9H2,1-2H3. The van der Waals surface area contributed by atoms with Gasteiger partial charge >= 0.3 is 0 Å². The third-order valence-electron chi connectivity index (χ3n) is 3.12. The first-order valence-electron chi connectivity index (χ1n) is 6.49. The fraction of sp³-hybridized carbons (Fsp3) is 0.267. The highest BCUT2D eigenvalue weighted by Crippen LogP contribution is 2.20. The average molecular weight is 255 g/mol. The molecule has 4 nitrogen and oxygen atoms in total. The molecule has 0 saturated carbocycles. The molecule has 19 heavy (non-hydrogen) atoms. The molecule has 2 aromatic heterocycles. The monoisotopic (exact) mass is 255 g/mol. The van der Waals surface area contributed by atoms with E-state index in [0.717, 1.165) is 35.6 Å². The first-order valence-corrected chi connectivity index (χ1v) is 6.49. The number of hydrogen-bond donors (Lipinski definition) is 1. The second-order valence-electron chi connectivity index (χ2n) is 4.68. The molecule has 4 heteroatoms. The molecule has 0 atom stereocenters. The van der Waals surface area contributed by atoms with Gasteiger partial charge in [-0.05, 0) is 29.8 Å². The Morgan fingerprint density at radius 2 is 2.21 bits per heavy atom. The minimum absolute atomic E-state index is 0.787. The lowest BCUT2D eigenvalue weighted by atomic mass is 10.2. The molecule has 3 aromatic rings. The van der Waals surface area contributed by atoms with Crippen LogP contribution in [-0.2, 0) is 20.0 Å². The minimum atomic E-state index is 0.787. The number of rotatable bonds is 4. The van der Waals surface area contributed by atoms with Crippen molar-refractivity contribution in [2.24, 2.45) is 7.05 Å². The van der Waals surface area contributed by atoms with Crippen LogP contribution in [0.1, 0.15) is 18.4 Å². The van der Waals surface area contributed by atoms with Gasteiger partial charge < -0.3 is 14.3 Å². The van der Waals surface area contributed by atoms with Crippen LogP contribution in [0.25, 0.3) is 11.1 Å². The number of aromatic nitrogens is 2. The number of nitrogens with zero attached hydrogens (tertiary/aromatic N) is 2. The Morgan fingerprint density at radius 1 is 1.32 bits per heavy atom. The van der Waals surface area contributed by atoms with Gasteiger partial charge in [-0.2, -0.15) is 0 Å². The Morgan fingerprint density at radius 3 is 2.95 bits per heavy atom. The highest BCUT2D eigenvalue weighted by molar-refractivity contribution is 5.77. The average Bonchev–Trinajstić information content (AvgIpc) is 3.01. The van der Waals surface area contributed by atoms with Gasteiger partial charge in [0, 0.05) is 38.1 Å². The lowest BCUT2D eigenvalue weighted by molar-refractivity contribution is 0.538. The summed E-state index contributed by atoms with van der Waals surface area (Å²) >= 11 is 0. The zero-order valence-corrected chi connectivity index (χ0v) is 11.2. The van der Waals surface area contributed by atoms with E-state index >= 15 is 0 Å². The van der Waals surface area contributed by atoms with Crippen LogP contribution in [0.2, 0.25) is 0 Å². The maximum absolute atomic E-state index is 5.60. The number of hydrogen-bond acceptors (Lipinski definition) is 3. The number of benzene rings is 1. The zero-order chi connectivity index (χ0) is 13.2. The Hall–Kier alpha value is -2.23. The fourth-order valence-electron chi connectivity index (χ4n) is 2.11. The van der Waals surface area contributed by atoms with E-state index in [-0.39, 0.29) is 0 Å². The quantitative estimate of drug-likeness (QED) is 0.777. The van der Waals surface area contributed by atoms with Crippen LogP contribution in [0.5, 0.6) is 0 Å². The summed E-state index contributed by atoms with van der Waals surface area (Å²) in [7, 11) is 2.03. The number of oxazole rings is 1. The van der Waals surface area contributed by atoms with Crippen molar-refractivity contribution in [1.29, 1.82) is 0 Å². The van der Waals surface area contributed by atoms with E-state index < -0.39 is 0 Å². The van der Waals surface area contributed by atoms with Gasteiger partial charge in [-0.3, -0.25) is 0 Å². The summed E-state index contributed by atoms with van der Waals surface area (Å²) in [4.78, 5) is 4.44. The van der Waals surface area contributed by atoms with Crippen LogP contribution in [-0.4, -0.2) is 9.55 Å². The van der Waals surface area contributed by atoms with Crippen LogP contribution < -0.4 is 5.32 Å². The largest absolute Gasteiger partial charge is 0.441 e. The first-order chi connectivity index (χ1) is 9.24. The predicted octanol–water partition coefficient (Wildman–Crippen LogP) is 3.34. The van der Waals surface area contributed by atoms with Gasteiger partial charge in [0.05, 0.1) is 0 Å². The molecule has 2 heterocycles. The molecule has 0 radical (unpaired) electrons. The molecule has 0 fully saturated rings. The number of nitrogens with one attached hydrogen (secondary N) is 1. The van der Waals surface area contributed by atoms with Gasteiger partial charge in [0.2, 0.25) is 0 Å². The van der Waals surface area contributed by atoms with Gasteiger partial charge in [-0.1, -0.05) is 6.92 Å². The molecule has 0 aliphatic heterocycles. The summed E-state index contributed by atoms with van der Waals surface area (Å²) in [6, 6.07) is 8.13. The molecule has 0 aliphatic carbocycles. The third kappa shape index (κ3) is 2.47. The topological polar surface area (TPSA) is 43.0 Å². The summed E-state index contributed by atoms with van der Waals surface area (Å²) in [5.41, 5.74) is 4.08. The molecule has 0 spiro atoms. The van der Waals surface area contributed by atoms with Crippen molar-refractivity contribution in [2.45, 2.75) is 19.9 Å². The van der Waals surface area contributed by atoms with Crippen molar-refractivity contribution in [2.75, 3.05) is 5.32 Å². The number of aryl methyl sites for hydroxylation is 2. The molecule has 3 rings (SSSR count). The van der Waals surface area contributed by atoms with Gasteiger partial charge in [0.15, 0.2) is 11.5 Å². The van der Waals surface area contributed by atoms with E-state index in [4.69, 9.17) is 4.42 Å². The Labute approximate surface area is 112 Å². The summed E-state index contributed by atoms with van der Waals surface area (Å²) in [5, 5.41) is 3.40. The van der Waals surface area contributed by atoms with Crippen LogP contribution >= 0.6 is 0 Å². The number of fused-ring (bicyclic) bond motifs is 1. The number of anilines is 1. The Balaban J connectivity index is 1.77. The fourth-order valence-corrected chi connectivity index (χ4v) is 2.11. The van der Waals surface area contributed by atoms with Crippen molar-refractivity contribution < 1.29 is 4.42 Å². The molecule has 1 N–H and O–H groups in total. The molecule has 0 aliphatic rings. The van der Waals surface area contributed by atoms with Gasteiger partial charge in [-0.15, -0.1) is 0 Å². The molecular formula is C15H17N3O. The van der Waals surface area contributed by atoms with Crippen LogP contribution in [0.3, 0.4) is 0 Å². The lowest BCUT2D eigenvalue weighted by Crippen LogP contribution is -1.98. The van der Waals surface area contributed by atoms with Gasteiger partial charge in [0.25, 0.3) is 0 Å². The van der Waals surface area contributed by atoms with Crippen molar-refractivity contribution in [1.82, 2.24) is 9.55 Å². The molecule has 98 valence electrons. The van der Waals surface area contributed by atoms with E-state index in [1.165, 1.54) is 5.56 Å². The smallest absolute Gasteiger partial charge is 0.195 e. The molecular weight excluding hydrogens is 238 g/mol. The summed E-state index contributed by atoms with van der Waals surface area (Å²) in [6.45, 7) is 2.85. The lowest BCUT2D eigenvalue weighted by Gasteiger charge is -2.04. The van der Waals surface area contributed by atoms with Crippen molar-refractivity contribution in [3.8, 4) is 0 Å². The van der Waals surface area contributed by atoms with E-state index in [0.29, 0.717) is 0 Å². The highest BCUT2D eigenvalue weighted by Gasteiger charge is 2.04. The summed E-state index contributed by atoms with van der Waals surface area (Å²) < 4.78 is 7.64. The maximum Gasteiger partial charge on any atom is 0.195 e. The zero-order valence-electron chi connectivity index (χ0n) is 11.2. The Kier molecular flexibility index (Phi) is 2.99. The SMILES string of the molecule is CCc1nc2cc(NCc3ccn(C)c3)ccc2o1. The predicted molar refractivity (Wildman–Crippen MR) is 76.1 cm³/mol. The molecule has 1 aromatic carbocycles. The third-order valence-corrected chi connectivity index (χ3v) is 3.12. The summed E-state index contributed by atoms with van der Waals surface area (Å²) in [5.74, 6) is 0.787.